The van der Waals surface area contributed by atoms with E-state index in [0.717, 1.165) is 47.7 Å². The maximum Gasteiger partial charge on any atom is 0.226 e. The number of anilines is 1. The molecule has 6 heteroatoms. The molecular formula is C16H23N3OS2. The summed E-state index contributed by atoms with van der Waals surface area (Å²) in [6.07, 6.45) is 4.66. The molecule has 0 atom stereocenters. The predicted octanol–water partition coefficient (Wildman–Crippen LogP) is 4.34. The third-order valence-corrected chi connectivity index (χ3v) is 5.27. The van der Waals surface area contributed by atoms with E-state index in [9.17, 15) is 4.79 Å². The van der Waals surface area contributed by atoms with Crippen molar-refractivity contribution in [1.82, 2.24) is 4.98 Å². The molecule has 0 saturated carbocycles. The van der Waals surface area contributed by atoms with Gasteiger partial charge in [-0.2, -0.15) is 0 Å². The number of rotatable bonds is 8. The second-order valence-electron chi connectivity index (χ2n) is 5.34. The summed E-state index contributed by atoms with van der Waals surface area (Å²) in [4.78, 5) is 20.1. The number of thiophene rings is 1. The molecule has 0 unspecified atom stereocenters. The third kappa shape index (κ3) is 4.90. The van der Waals surface area contributed by atoms with E-state index in [2.05, 4.69) is 29.4 Å². The molecule has 2 heterocycles. The Bertz CT molecular complexity index is 619. The Labute approximate surface area is 139 Å². The first kappa shape index (κ1) is 17.1. The van der Waals surface area contributed by atoms with E-state index >= 15 is 0 Å². The Morgan fingerprint density at radius 1 is 1.18 bits per heavy atom. The van der Waals surface area contributed by atoms with Crippen LogP contribution in [0.3, 0.4) is 0 Å². The highest BCUT2D eigenvalue weighted by molar-refractivity contribution is 7.18. The minimum Gasteiger partial charge on any atom is -0.330 e. The molecule has 2 aromatic heterocycles. The van der Waals surface area contributed by atoms with Crippen LogP contribution in [0.25, 0.3) is 10.6 Å². The zero-order chi connectivity index (χ0) is 15.9. The van der Waals surface area contributed by atoms with Gasteiger partial charge in [0.15, 0.2) is 5.13 Å². The lowest BCUT2D eigenvalue weighted by Crippen LogP contribution is -2.10. The van der Waals surface area contributed by atoms with Crippen LogP contribution in [0.15, 0.2) is 12.1 Å². The molecule has 0 aliphatic carbocycles. The number of carbonyl (C=O) groups excluding carboxylic acids is 1. The number of nitrogens with two attached hydrogens (primary N) is 1. The van der Waals surface area contributed by atoms with Gasteiger partial charge >= 0.3 is 0 Å². The molecule has 0 aliphatic heterocycles. The summed E-state index contributed by atoms with van der Waals surface area (Å²) in [6, 6.07) is 4.18. The quantitative estimate of drug-likeness (QED) is 0.704. The summed E-state index contributed by atoms with van der Waals surface area (Å²) in [7, 11) is 0. The van der Waals surface area contributed by atoms with Crippen molar-refractivity contribution in [2.75, 3.05) is 11.9 Å². The van der Waals surface area contributed by atoms with Crippen molar-refractivity contribution in [2.45, 2.75) is 46.0 Å². The van der Waals surface area contributed by atoms with Crippen molar-refractivity contribution in [3.05, 3.63) is 21.9 Å². The van der Waals surface area contributed by atoms with Crippen LogP contribution in [0.2, 0.25) is 0 Å². The SMILES string of the molecule is Cc1ccc(-c2nc(NC(=O)CCCCCCN)sc2C)s1. The molecule has 0 aliphatic rings. The Balaban J connectivity index is 1.87. The van der Waals surface area contributed by atoms with Gasteiger partial charge < -0.3 is 11.1 Å². The largest absolute Gasteiger partial charge is 0.330 e. The van der Waals surface area contributed by atoms with Crippen LogP contribution in [0.1, 0.15) is 41.9 Å². The zero-order valence-electron chi connectivity index (χ0n) is 13.1. The van der Waals surface area contributed by atoms with Crippen LogP contribution in [0, 0.1) is 13.8 Å². The lowest BCUT2D eigenvalue weighted by atomic mass is 10.1. The normalized spacial score (nSPS) is 10.9. The lowest BCUT2D eigenvalue weighted by Gasteiger charge is -2.01. The number of unbranched alkanes of at least 4 members (excludes halogenated alkanes) is 3. The number of nitrogens with one attached hydrogen (secondary N) is 1. The summed E-state index contributed by atoms with van der Waals surface area (Å²) < 4.78 is 0. The lowest BCUT2D eigenvalue weighted by molar-refractivity contribution is -0.116. The Hall–Kier alpha value is -1.24. The summed E-state index contributed by atoms with van der Waals surface area (Å²) in [5.41, 5.74) is 6.44. The highest BCUT2D eigenvalue weighted by Crippen LogP contribution is 2.34. The smallest absolute Gasteiger partial charge is 0.226 e. The average molecular weight is 338 g/mol. The zero-order valence-corrected chi connectivity index (χ0v) is 14.8. The van der Waals surface area contributed by atoms with Crippen LogP contribution in [-0.4, -0.2) is 17.4 Å². The van der Waals surface area contributed by atoms with Crippen LogP contribution in [0.5, 0.6) is 0 Å². The van der Waals surface area contributed by atoms with Gasteiger partial charge in [0.05, 0.1) is 10.6 Å². The van der Waals surface area contributed by atoms with Crippen molar-refractivity contribution in [2.24, 2.45) is 5.73 Å². The number of thiazole rings is 1. The Morgan fingerprint density at radius 3 is 2.64 bits per heavy atom. The molecule has 0 radical (unpaired) electrons. The highest BCUT2D eigenvalue weighted by Gasteiger charge is 2.13. The number of hydrogen-bond acceptors (Lipinski definition) is 5. The summed E-state index contributed by atoms with van der Waals surface area (Å²) in [6.45, 7) is 4.86. The number of nitrogens with zero attached hydrogens (tertiary/aromatic N) is 1. The Morgan fingerprint density at radius 2 is 1.95 bits per heavy atom. The minimum atomic E-state index is 0.0513. The number of hydrogen-bond donors (Lipinski definition) is 2. The van der Waals surface area contributed by atoms with E-state index in [0.29, 0.717) is 11.6 Å². The van der Waals surface area contributed by atoms with Gasteiger partial charge in [-0.1, -0.05) is 12.8 Å². The topological polar surface area (TPSA) is 68.0 Å². The first-order chi connectivity index (χ1) is 10.6. The van der Waals surface area contributed by atoms with Crippen molar-refractivity contribution in [3.63, 3.8) is 0 Å². The minimum absolute atomic E-state index is 0.0513. The van der Waals surface area contributed by atoms with Crippen molar-refractivity contribution in [1.29, 1.82) is 0 Å². The van der Waals surface area contributed by atoms with E-state index in [4.69, 9.17) is 5.73 Å². The molecular weight excluding hydrogens is 314 g/mol. The van der Waals surface area contributed by atoms with E-state index in [1.165, 1.54) is 4.88 Å². The second kappa shape index (κ2) is 8.41. The van der Waals surface area contributed by atoms with Gasteiger partial charge in [0.25, 0.3) is 0 Å². The van der Waals surface area contributed by atoms with Gasteiger partial charge in [-0.15, -0.1) is 22.7 Å². The van der Waals surface area contributed by atoms with Gasteiger partial charge in [-0.25, -0.2) is 4.98 Å². The fourth-order valence-corrected chi connectivity index (χ4v) is 4.03. The molecule has 22 heavy (non-hydrogen) atoms. The fraction of sp³-hybridized carbons (Fsp3) is 0.500. The maximum atomic E-state index is 11.9. The standard InChI is InChI=1S/C16H23N3OS2/c1-11-8-9-13(21-11)15-12(2)22-16(19-15)18-14(20)7-5-3-4-6-10-17/h8-9H,3-7,10,17H2,1-2H3,(H,18,19,20). The van der Waals surface area contributed by atoms with Gasteiger partial charge in [0.1, 0.15) is 0 Å². The number of aryl methyl sites for hydroxylation is 2. The summed E-state index contributed by atoms with van der Waals surface area (Å²) in [5.74, 6) is 0.0513. The van der Waals surface area contributed by atoms with Crippen molar-refractivity contribution >= 4 is 33.7 Å². The van der Waals surface area contributed by atoms with E-state index < -0.39 is 0 Å². The molecule has 1 amide bonds. The number of carbonyl (C=O) groups is 1. The van der Waals surface area contributed by atoms with Crippen LogP contribution < -0.4 is 11.1 Å². The summed E-state index contributed by atoms with van der Waals surface area (Å²) in [5, 5.41) is 3.62. The monoisotopic (exact) mass is 337 g/mol. The predicted molar refractivity (Wildman–Crippen MR) is 95.7 cm³/mol. The van der Waals surface area contributed by atoms with Crippen LogP contribution in [0.4, 0.5) is 5.13 Å². The highest BCUT2D eigenvalue weighted by atomic mass is 32.1. The molecule has 0 aromatic carbocycles. The third-order valence-electron chi connectivity index (χ3n) is 3.37. The molecule has 2 rings (SSSR count). The molecule has 2 aromatic rings. The maximum absolute atomic E-state index is 11.9. The van der Waals surface area contributed by atoms with Crippen LogP contribution >= 0.6 is 22.7 Å². The summed E-state index contributed by atoms with van der Waals surface area (Å²) >= 11 is 3.27. The first-order valence-corrected chi connectivity index (χ1v) is 9.27. The van der Waals surface area contributed by atoms with E-state index in [1.807, 2.05) is 6.92 Å². The van der Waals surface area contributed by atoms with Crippen molar-refractivity contribution < 1.29 is 4.79 Å². The molecule has 3 N–H and O–H groups in total. The van der Waals surface area contributed by atoms with E-state index in [1.54, 1.807) is 22.7 Å². The van der Waals surface area contributed by atoms with Gasteiger partial charge in [-0.3, -0.25) is 4.79 Å². The molecule has 0 spiro atoms. The Kier molecular flexibility index (Phi) is 6.54. The van der Waals surface area contributed by atoms with Crippen molar-refractivity contribution in [3.8, 4) is 10.6 Å². The molecule has 0 bridgehead atoms. The second-order valence-corrected chi connectivity index (χ2v) is 7.83. The molecule has 0 saturated heterocycles. The molecule has 0 fully saturated rings. The van der Waals surface area contributed by atoms with E-state index in [-0.39, 0.29) is 5.91 Å². The van der Waals surface area contributed by atoms with Crippen LogP contribution in [-0.2, 0) is 4.79 Å². The number of aromatic nitrogens is 1. The number of amides is 1. The van der Waals surface area contributed by atoms with Gasteiger partial charge in [0.2, 0.25) is 5.91 Å². The molecule has 120 valence electrons. The fourth-order valence-electron chi connectivity index (χ4n) is 2.21. The van der Waals surface area contributed by atoms with Gasteiger partial charge in [-0.05, 0) is 45.4 Å². The molecule has 4 nitrogen and oxygen atoms in total. The van der Waals surface area contributed by atoms with Gasteiger partial charge in [0, 0.05) is 16.2 Å². The first-order valence-electron chi connectivity index (χ1n) is 7.64. The average Bonchev–Trinajstić information content (AvgIpc) is 3.04.